The Hall–Kier alpha value is -1.97. The van der Waals surface area contributed by atoms with E-state index in [2.05, 4.69) is 35.4 Å². The van der Waals surface area contributed by atoms with Crippen LogP contribution in [0.15, 0.2) is 40.0 Å². The average molecular weight is 472 g/mol. The first-order valence-corrected chi connectivity index (χ1v) is 8.21. The van der Waals surface area contributed by atoms with E-state index >= 15 is 0 Å². The zero-order valence-corrected chi connectivity index (χ0v) is 17.8. The van der Waals surface area contributed by atoms with Crippen LogP contribution >= 0.6 is 24.0 Å². The van der Waals surface area contributed by atoms with Crippen LogP contribution in [0.4, 0.5) is 0 Å². The van der Waals surface area contributed by atoms with Crippen LogP contribution in [-0.4, -0.2) is 43.4 Å². The van der Waals surface area contributed by atoms with Crippen molar-refractivity contribution in [3.05, 3.63) is 41.8 Å². The normalized spacial score (nSPS) is 13.3. The summed E-state index contributed by atoms with van der Waals surface area (Å²) in [5.74, 6) is 2.41. The minimum atomic E-state index is -0.106. The fourth-order valence-corrected chi connectivity index (χ4v) is 2.74. The van der Waals surface area contributed by atoms with Crippen molar-refractivity contribution in [2.75, 3.05) is 27.4 Å². The Morgan fingerprint density at radius 2 is 2.04 bits per heavy atom. The molecule has 26 heavy (non-hydrogen) atoms. The van der Waals surface area contributed by atoms with Crippen LogP contribution in [-0.2, 0) is 12.0 Å². The van der Waals surface area contributed by atoms with Gasteiger partial charge in [0.2, 0.25) is 6.79 Å². The highest BCUT2D eigenvalue weighted by molar-refractivity contribution is 14.0. The summed E-state index contributed by atoms with van der Waals surface area (Å²) in [5.41, 5.74) is 1.94. The molecule has 0 saturated heterocycles. The zero-order valence-electron chi connectivity index (χ0n) is 15.5. The van der Waals surface area contributed by atoms with Crippen LogP contribution < -0.4 is 14.8 Å². The van der Waals surface area contributed by atoms with Crippen LogP contribution in [0.25, 0.3) is 0 Å². The smallest absolute Gasteiger partial charge is 0.231 e. The van der Waals surface area contributed by atoms with Gasteiger partial charge in [0.15, 0.2) is 17.5 Å². The van der Waals surface area contributed by atoms with Gasteiger partial charge in [-0.2, -0.15) is 0 Å². The Morgan fingerprint density at radius 3 is 2.73 bits per heavy atom. The SMILES string of the molecule is CN=C(NCC(C)(C)c1ccc2c(c1)OCO2)N(C)Cc1ccon1.I. The molecule has 0 unspecified atom stereocenters. The number of nitrogens with one attached hydrogen (secondary N) is 1. The van der Waals surface area contributed by atoms with E-state index in [0.29, 0.717) is 6.54 Å². The lowest BCUT2D eigenvalue weighted by molar-refractivity contribution is 0.174. The predicted octanol–water partition coefficient (Wildman–Crippen LogP) is 3.01. The van der Waals surface area contributed by atoms with E-state index in [9.17, 15) is 0 Å². The molecule has 3 rings (SSSR count). The molecule has 142 valence electrons. The molecule has 0 fully saturated rings. The van der Waals surface area contributed by atoms with Crippen molar-refractivity contribution in [2.24, 2.45) is 4.99 Å². The molecular weight excluding hydrogens is 447 g/mol. The molecule has 1 N–H and O–H groups in total. The fourth-order valence-electron chi connectivity index (χ4n) is 2.74. The van der Waals surface area contributed by atoms with Gasteiger partial charge in [0.25, 0.3) is 0 Å². The molecule has 0 radical (unpaired) electrons. The van der Waals surface area contributed by atoms with Crippen LogP contribution in [0.2, 0.25) is 0 Å². The molecule has 1 aliphatic rings. The molecule has 1 aromatic heterocycles. The largest absolute Gasteiger partial charge is 0.454 e. The van der Waals surface area contributed by atoms with Crippen LogP contribution in [0, 0.1) is 0 Å². The lowest BCUT2D eigenvalue weighted by Crippen LogP contribution is -2.44. The second kappa shape index (κ2) is 8.61. The number of benzene rings is 1. The van der Waals surface area contributed by atoms with Crippen molar-refractivity contribution in [3.63, 3.8) is 0 Å². The van der Waals surface area contributed by atoms with E-state index in [1.807, 2.05) is 30.1 Å². The highest BCUT2D eigenvalue weighted by Gasteiger charge is 2.25. The first-order valence-electron chi connectivity index (χ1n) is 8.21. The Morgan fingerprint density at radius 1 is 1.27 bits per heavy atom. The second-order valence-corrected chi connectivity index (χ2v) is 6.70. The second-order valence-electron chi connectivity index (χ2n) is 6.70. The summed E-state index contributed by atoms with van der Waals surface area (Å²) in [6.07, 6.45) is 1.57. The maximum atomic E-state index is 5.49. The quantitative estimate of drug-likeness (QED) is 0.410. The molecule has 0 spiro atoms. The van der Waals surface area contributed by atoms with Gasteiger partial charge in [0, 0.05) is 32.1 Å². The standard InChI is InChI=1S/C18H24N4O3.HI/c1-18(2,13-5-6-15-16(9-13)24-12-23-15)11-20-17(19-3)22(4)10-14-7-8-25-21-14;/h5-9H,10-12H2,1-4H3,(H,19,20);1H. The number of aromatic nitrogens is 1. The van der Waals surface area contributed by atoms with Gasteiger partial charge in [-0.1, -0.05) is 25.1 Å². The summed E-state index contributed by atoms with van der Waals surface area (Å²) in [4.78, 5) is 6.36. The monoisotopic (exact) mass is 472 g/mol. The molecule has 0 saturated carbocycles. The number of aliphatic imine (C=N–C) groups is 1. The lowest BCUT2D eigenvalue weighted by Gasteiger charge is -2.29. The highest BCUT2D eigenvalue weighted by Crippen LogP contribution is 2.36. The summed E-state index contributed by atoms with van der Waals surface area (Å²) in [7, 11) is 3.74. The number of hydrogen-bond donors (Lipinski definition) is 1. The van der Waals surface area contributed by atoms with Gasteiger partial charge in [0.05, 0.1) is 6.54 Å². The summed E-state index contributed by atoms with van der Waals surface area (Å²) < 4.78 is 15.8. The summed E-state index contributed by atoms with van der Waals surface area (Å²) in [6.45, 7) is 6.00. The van der Waals surface area contributed by atoms with Crippen molar-refractivity contribution in [1.29, 1.82) is 0 Å². The van der Waals surface area contributed by atoms with Crippen molar-refractivity contribution in [3.8, 4) is 11.5 Å². The number of hydrogen-bond acceptors (Lipinski definition) is 5. The van der Waals surface area contributed by atoms with E-state index < -0.39 is 0 Å². The minimum absolute atomic E-state index is 0. The van der Waals surface area contributed by atoms with Crippen molar-refractivity contribution < 1.29 is 14.0 Å². The van der Waals surface area contributed by atoms with Gasteiger partial charge in [-0.05, 0) is 17.7 Å². The first-order chi connectivity index (χ1) is 12.0. The molecule has 0 amide bonds. The van der Waals surface area contributed by atoms with Gasteiger partial charge in [-0.25, -0.2) is 0 Å². The number of rotatable bonds is 5. The van der Waals surface area contributed by atoms with Crippen LogP contribution in [0.3, 0.4) is 0 Å². The van der Waals surface area contributed by atoms with E-state index in [-0.39, 0.29) is 36.2 Å². The molecule has 1 aromatic carbocycles. The van der Waals surface area contributed by atoms with Gasteiger partial charge in [-0.3, -0.25) is 4.99 Å². The topological polar surface area (TPSA) is 72.1 Å². The fraction of sp³-hybridized carbons (Fsp3) is 0.444. The van der Waals surface area contributed by atoms with Crippen LogP contribution in [0.1, 0.15) is 25.1 Å². The third-order valence-corrected chi connectivity index (χ3v) is 4.31. The van der Waals surface area contributed by atoms with Gasteiger partial charge >= 0.3 is 0 Å². The van der Waals surface area contributed by atoms with Crippen molar-refractivity contribution in [2.45, 2.75) is 25.8 Å². The number of ether oxygens (including phenoxy) is 2. The number of guanidine groups is 1. The molecule has 2 aromatic rings. The minimum Gasteiger partial charge on any atom is -0.454 e. The summed E-state index contributed by atoms with van der Waals surface area (Å²) in [6, 6.07) is 7.94. The molecule has 0 atom stereocenters. The Kier molecular flexibility index (Phi) is 6.74. The third kappa shape index (κ3) is 4.60. The molecular formula is C18H25IN4O3. The molecule has 8 heteroatoms. The Labute approximate surface area is 170 Å². The maximum Gasteiger partial charge on any atom is 0.231 e. The lowest BCUT2D eigenvalue weighted by atomic mass is 9.84. The Bertz CT molecular complexity index is 747. The summed E-state index contributed by atoms with van der Waals surface area (Å²) >= 11 is 0. The molecule has 2 heterocycles. The number of fused-ring (bicyclic) bond motifs is 1. The van der Waals surface area contributed by atoms with E-state index in [4.69, 9.17) is 14.0 Å². The molecule has 0 aliphatic carbocycles. The Balaban J connectivity index is 0.00000243. The van der Waals surface area contributed by atoms with Gasteiger partial charge in [-0.15, -0.1) is 24.0 Å². The average Bonchev–Trinajstić information content (AvgIpc) is 3.25. The number of nitrogens with zero attached hydrogens (tertiary/aromatic N) is 3. The molecule has 0 bridgehead atoms. The van der Waals surface area contributed by atoms with Crippen LogP contribution in [0.5, 0.6) is 11.5 Å². The summed E-state index contributed by atoms with van der Waals surface area (Å²) in [5, 5.41) is 7.37. The third-order valence-electron chi connectivity index (χ3n) is 4.31. The first kappa shape index (κ1) is 20.3. The van der Waals surface area contributed by atoms with E-state index in [0.717, 1.165) is 29.7 Å². The van der Waals surface area contributed by atoms with Crippen molar-refractivity contribution >= 4 is 29.9 Å². The number of halogens is 1. The predicted molar refractivity (Wildman–Crippen MR) is 110 cm³/mol. The molecule has 7 nitrogen and oxygen atoms in total. The van der Waals surface area contributed by atoms with E-state index in [1.165, 1.54) is 5.56 Å². The van der Waals surface area contributed by atoms with E-state index in [1.54, 1.807) is 13.3 Å². The maximum absolute atomic E-state index is 5.49. The zero-order chi connectivity index (χ0) is 17.9. The molecule has 1 aliphatic heterocycles. The highest BCUT2D eigenvalue weighted by atomic mass is 127. The van der Waals surface area contributed by atoms with Crippen molar-refractivity contribution in [1.82, 2.24) is 15.4 Å². The van der Waals surface area contributed by atoms with Gasteiger partial charge in [0.1, 0.15) is 12.0 Å². The van der Waals surface area contributed by atoms with Gasteiger partial charge < -0.3 is 24.2 Å².